The highest BCUT2D eigenvalue weighted by molar-refractivity contribution is 6.10. The molecule has 2 unspecified atom stereocenters. The van der Waals surface area contributed by atoms with Crippen LogP contribution in [0.3, 0.4) is 0 Å². The van der Waals surface area contributed by atoms with Gasteiger partial charge in [-0.2, -0.15) is 0 Å². The lowest BCUT2D eigenvalue weighted by Crippen LogP contribution is -2.57. The molecule has 0 aliphatic carbocycles. The second-order valence-electron chi connectivity index (χ2n) is 12.3. The average molecular weight is 641 g/mol. The lowest BCUT2D eigenvalue weighted by Gasteiger charge is -2.29. The number of hydrogen-bond acceptors (Lipinski definition) is 5. The molecule has 0 saturated heterocycles. The highest BCUT2D eigenvalue weighted by Crippen LogP contribution is 2.21. The second kappa shape index (κ2) is 32.6. The molecule has 0 aliphatic rings. The maximum absolute atomic E-state index is 12.8. The monoisotopic (exact) mass is 641 g/mol. The van der Waals surface area contributed by atoms with Crippen LogP contribution >= 0.6 is 0 Å². The van der Waals surface area contributed by atoms with Crippen LogP contribution in [-0.2, 0) is 9.59 Å². The van der Waals surface area contributed by atoms with E-state index in [1.165, 1.54) is 51.4 Å². The van der Waals surface area contributed by atoms with Crippen LogP contribution < -0.4 is 0 Å². The molecule has 0 amide bonds. The van der Waals surface area contributed by atoms with Gasteiger partial charge in [-0.15, -0.1) is 0 Å². The molecule has 0 aliphatic heterocycles. The van der Waals surface area contributed by atoms with Crippen LogP contribution in [0.4, 0.5) is 0 Å². The number of allylic oxidation sites excluding steroid dienone is 12. The third-order valence-corrected chi connectivity index (χ3v) is 8.09. The molecule has 0 radical (unpaired) electrons. The van der Waals surface area contributed by atoms with Crippen LogP contribution in [-0.4, -0.2) is 45.2 Å². The van der Waals surface area contributed by atoms with E-state index < -0.39 is 29.9 Å². The lowest BCUT2D eigenvalue weighted by molar-refractivity contribution is -0.166. The van der Waals surface area contributed by atoms with Gasteiger partial charge < -0.3 is 15.3 Å². The third-order valence-electron chi connectivity index (χ3n) is 8.09. The van der Waals surface area contributed by atoms with Gasteiger partial charge in [0.25, 0.3) is 0 Å². The van der Waals surface area contributed by atoms with E-state index >= 15 is 0 Å². The van der Waals surface area contributed by atoms with Gasteiger partial charge in [0.05, 0.1) is 6.61 Å². The number of hydrogen-bond donors (Lipinski definition) is 3. The summed E-state index contributed by atoms with van der Waals surface area (Å²) in [5.74, 6) is -1.40. The van der Waals surface area contributed by atoms with Crippen molar-refractivity contribution in [2.75, 3.05) is 6.61 Å². The standard InChI is InChI=1S/C41H68O5/c1-3-5-7-9-11-13-15-17-19-20-22-24-26-28-30-32-34-36-39(44)41(46,40(45)37-42)38(43)35-33-31-29-27-25-23-21-18-16-14-12-10-8-6-4-2/h11-14,17-19,21-22,24,28,30,40,42,45-46H,3-10,15-16,20,23,25-27,29,31-37H2,1-2H3/b13-11-,14-12-,19-17-,21-18-,24-22-,30-28-. The molecule has 262 valence electrons. The largest absolute Gasteiger partial charge is 0.394 e. The fourth-order valence-corrected chi connectivity index (χ4v) is 5.08. The van der Waals surface area contributed by atoms with E-state index in [4.69, 9.17) is 0 Å². The average Bonchev–Trinajstić information content (AvgIpc) is 3.06. The van der Waals surface area contributed by atoms with E-state index in [-0.39, 0.29) is 12.8 Å². The molecule has 0 fully saturated rings. The van der Waals surface area contributed by atoms with Gasteiger partial charge >= 0.3 is 0 Å². The zero-order valence-corrected chi connectivity index (χ0v) is 29.4. The van der Waals surface area contributed by atoms with Gasteiger partial charge in [0.15, 0.2) is 11.6 Å². The van der Waals surface area contributed by atoms with E-state index in [1.54, 1.807) is 0 Å². The van der Waals surface area contributed by atoms with Crippen molar-refractivity contribution >= 4 is 11.6 Å². The van der Waals surface area contributed by atoms with Crippen molar-refractivity contribution in [3.05, 3.63) is 72.9 Å². The first kappa shape index (κ1) is 43.7. The van der Waals surface area contributed by atoms with Gasteiger partial charge in [-0.05, 0) is 83.5 Å². The summed E-state index contributed by atoms with van der Waals surface area (Å²) in [5, 5.41) is 30.6. The Morgan fingerprint density at radius 2 is 0.826 bits per heavy atom. The summed E-state index contributed by atoms with van der Waals surface area (Å²) >= 11 is 0. The van der Waals surface area contributed by atoms with E-state index in [1.807, 2.05) is 12.2 Å². The molecule has 0 heterocycles. The normalized spacial score (nSPS) is 14.6. The van der Waals surface area contributed by atoms with Gasteiger partial charge in [0.1, 0.15) is 6.10 Å². The maximum Gasteiger partial charge on any atom is 0.209 e. The van der Waals surface area contributed by atoms with E-state index in [0.717, 1.165) is 57.8 Å². The summed E-state index contributed by atoms with van der Waals surface area (Å²) in [7, 11) is 0. The molecular weight excluding hydrogens is 572 g/mol. The Labute approximate surface area is 282 Å². The predicted molar refractivity (Wildman–Crippen MR) is 196 cm³/mol. The van der Waals surface area contributed by atoms with Crippen molar-refractivity contribution in [1.82, 2.24) is 0 Å². The number of Topliss-reactive ketones (excluding diaryl/α,β-unsaturated/α-hetero) is 2. The first-order valence-electron chi connectivity index (χ1n) is 18.4. The Hall–Kier alpha value is -2.34. The molecule has 0 spiro atoms. The number of ketones is 2. The smallest absolute Gasteiger partial charge is 0.209 e. The van der Waals surface area contributed by atoms with Crippen LogP contribution in [0, 0.1) is 0 Å². The minimum absolute atomic E-state index is 0.0148. The van der Waals surface area contributed by atoms with Crippen molar-refractivity contribution in [1.29, 1.82) is 0 Å². The fraction of sp³-hybridized carbons (Fsp3) is 0.659. The van der Waals surface area contributed by atoms with E-state index in [0.29, 0.717) is 19.3 Å². The van der Waals surface area contributed by atoms with E-state index in [2.05, 4.69) is 74.6 Å². The van der Waals surface area contributed by atoms with Crippen LogP contribution in [0.15, 0.2) is 72.9 Å². The predicted octanol–water partition coefficient (Wildman–Crippen LogP) is 10.2. The molecule has 0 aromatic rings. The number of aliphatic hydroxyl groups excluding tert-OH is 2. The minimum Gasteiger partial charge on any atom is -0.394 e. The van der Waals surface area contributed by atoms with Gasteiger partial charge in [0, 0.05) is 12.8 Å². The zero-order chi connectivity index (χ0) is 34.0. The molecule has 5 nitrogen and oxygen atoms in total. The molecule has 0 bridgehead atoms. The van der Waals surface area contributed by atoms with Crippen molar-refractivity contribution in [3.8, 4) is 0 Å². The number of rotatable bonds is 32. The van der Waals surface area contributed by atoms with Crippen molar-refractivity contribution in [2.24, 2.45) is 0 Å². The van der Waals surface area contributed by atoms with Crippen LogP contribution in [0.25, 0.3) is 0 Å². The van der Waals surface area contributed by atoms with Gasteiger partial charge in [-0.1, -0.05) is 132 Å². The molecule has 2 atom stereocenters. The molecular formula is C41H68O5. The summed E-state index contributed by atoms with van der Waals surface area (Å²) in [4.78, 5) is 25.7. The quantitative estimate of drug-likeness (QED) is 0.0386. The highest BCUT2D eigenvalue weighted by atomic mass is 16.4. The molecule has 46 heavy (non-hydrogen) atoms. The molecule has 0 aromatic heterocycles. The number of carbonyl (C=O) groups excluding carboxylic acids is 2. The Kier molecular flexibility index (Phi) is 30.9. The fourth-order valence-electron chi connectivity index (χ4n) is 5.08. The Morgan fingerprint density at radius 3 is 1.24 bits per heavy atom. The summed E-state index contributed by atoms with van der Waals surface area (Å²) in [6.45, 7) is 3.60. The number of carbonyl (C=O) groups is 2. The van der Waals surface area contributed by atoms with Crippen molar-refractivity contribution in [3.63, 3.8) is 0 Å². The number of unbranched alkanes of at least 4 members (excludes halogenated alkanes) is 12. The topological polar surface area (TPSA) is 94.8 Å². The van der Waals surface area contributed by atoms with Crippen LogP contribution in [0.2, 0.25) is 0 Å². The van der Waals surface area contributed by atoms with E-state index in [9.17, 15) is 24.9 Å². The van der Waals surface area contributed by atoms with Crippen molar-refractivity contribution in [2.45, 2.75) is 167 Å². The maximum atomic E-state index is 12.8. The van der Waals surface area contributed by atoms with Crippen LogP contribution in [0.1, 0.15) is 155 Å². The summed E-state index contributed by atoms with van der Waals surface area (Å²) in [6, 6.07) is 0. The van der Waals surface area contributed by atoms with Gasteiger partial charge in [0.2, 0.25) is 5.60 Å². The number of aliphatic hydroxyl groups is 3. The molecule has 5 heteroatoms. The zero-order valence-electron chi connectivity index (χ0n) is 29.4. The summed E-state index contributed by atoms with van der Waals surface area (Å²) in [5.41, 5.74) is -2.53. The Bertz CT molecular complexity index is 910. The molecule has 0 rings (SSSR count). The first-order chi connectivity index (χ1) is 22.4. The Balaban J connectivity index is 4.19. The highest BCUT2D eigenvalue weighted by Gasteiger charge is 2.48. The SMILES string of the molecule is CCCCC/C=C\C/C=C\C/C=C\C/C=C\CCCC(=O)C(O)(C(=O)CCCCCCC/C=C\C/C=C\CCCCC)C(O)CO. The molecule has 0 saturated carbocycles. The molecule has 3 N–H and O–H groups in total. The van der Waals surface area contributed by atoms with Gasteiger partial charge in [-0.25, -0.2) is 0 Å². The van der Waals surface area contributed by atoms with Crippen LogP contribution in [0.5, 0.6) is 0 Å². The van der Waals surface area contributed by atoms with Crippen molar-refractivity contribution < 1.29 is 24.9 Å². The summed E-state index contributed by atoms with van der Waals surface area (Å²) < 4.78 is 0. The van der Waals surface area contributed by atoms with Gasteiger partial charge in [-0.3, -0.25) is 9.59 Å². The Morgan fingerprint density at radius 1 is 0.500 bits per heavy atom. The molecule has 0 aromatic carbocycles. The minimum atomic E-state index is -2.53. The third kappa shape index (κ3) is 23.9. The first-order valence-corrected chi connectivity index (χ1v) is 18.4. The summed E-state index contributed by atoms with van der Waals surface area (Å²) in [6.07, 6.45) is 44.5. The lowest BCUT2D eigenvalue weighted by atomic mass is 9.83. The second-order valence-corrected chi connectivity index (χ2v) is 12.3.